The van der Waals surface area contributed by atoms with Crippen molar-refractivity contribution in [1.82, 2.24) is 4.98 Å². The molecule has 0 fully saturated rings. The van der Waals surface area contributed by atoms with Crippen LogP contribution in [0.25, 0.3) is 0 Å². The number of hydrogen-bond donors (Lipinski definition) is 1. The Morgan fingerprint density at radius 1 is 1.17 bits per heavy atom. The standard InChI is InChI=1S/C13H11BrF2N2/c1-8-2-9(6-17-5-8)7-18-13-3-10(14)11(15)4-12(13)16/h2-6,18H,7H2,1H3. The first kappa shape index (κ1) is 13.0. The second kappa shape index (κ2) is 5.44. The summed E-state index contributed by atoms with van der Waals surface area (Å²) in [7, 11) is 0. The minimum absolute atomic E-state index is 0.230. The van der Waals surface area contributed by atoms with Gasteiger partial charge in [-0.1, -0.05) is 6.07 Å². The third-order valence-corrected chi connectivity index (χ3v) is 3.03. The van der Waals surface area contributed by atoms with E-state index in [0.717, 1.165) is 17.2 Å². The van der Waals surface area contributed by atoms with E-state index in [-0.39, 0.29) is 10.2 Å². The number of anilines is 1. The van der Waals surface area contributed by atoms with Crippen LogP contribution in [0.5, 0.6) is 0 Å². The quantitative estimate of drug-likeness (QED) is 0.865. The van der Waals surface area contributed by atoms with Gasteiger partial charge in [0.15, 0.2) is 0 Å². The van der Waals surface area contributed by atoms with E-state index in [4.69, 9.17) is 0 Å². The molecule has 0 unspecified atom stereocenters. The summed E-state index contributed by atoms with van der Waals surface area (Å²) in [4.78, 5) is 4.05. The van der Waals surface area contributed by atoms with Gasteiger partial charge in [-0.05, 0) is 40.0 Å². The summed E-state index contributed by atoms with van der Waals surface area (Å²) in [5.74, 6) is -1.23. The summed E-state index contributed by atoms with van der Waals surface area (Å²) >= 11 is 3.02. The van der Waals surface area contributed by atoms with Crippen LogP contribution in [0.2, 0.25) is 0 Å². The van der Waals surface area contributed by atoms with Crippen LogP contribution < -0.4 is 5.32 Å². The van der Waals surface area contributed by atoms with Crippen LogP contribution in [-0.2, 0) is 6.54 Å². The summed E-state index contributed by atoms with van der Waals surface area (Å²) in [6, 6.07) is 4.19. The Morgan fingerprint density at radius 2 is 1.94 bits per heavy atom. The summed E-state index contributed by atoms with van der Waals surface area (Å²) in [5, 5.41) is 2.91. The van der Waals surface area contributed by atoms with Crippen molar-refractivity contribution in [2.75, 3.05) is 5.32 Å². The molecule has 0 saturated carbocycles. The Bertz CT molecular complexity index is 573. The Kier molecular flexibility index (Phi) is 3.91. The molecule has 0 radical (unpaired) electrons. The largest absolute Gasteiger partial charge is 0.379 e. The fourth-order valence-corrected chi connectivity index (χ4v) is 1.91. The van der Waals surface area contributed by atoms with E-state index >= 15 is 0 Å². The Morgan fingerprint density at radius 3 is 2.67 bits per heavy atom. The van der Waals surface area contributed by atoms with E-state index in [1.54, 1.807) is 12.4 Å². The zero-order valence-corrected chi connectivity index (χ0v) is 11.3. The molecule has 94 valence electrons. The molecule has 0 aliphatic carbocycles. The highest BCUT2D eigenvalue weighted by atomic mass is 79.9. The first-order chi connectivity index (χ1) is 8.56. The maximum atomic E-state index is 13.5. The van der Waals surface area contributed by atoms with E-state index < -0.39 is 11.6 Å². The van der Waals surface area contributed by atoms with Crippen LogP contribution in [0.15, 0.2) is 35.1 Å². The average Bonchev–Trinajstić information content (AvgIpc) is 2.32. The van der Waals surface area contributed by atoms with Gasteiger partial charge in [0.05, 0.1) is 10.2 Å². The minimum atomic E-state index is -0.615. The monoisotopic (exact) mass is 312 g/mol. The van der Waals surface area contributed by atoms with Gasteiger partial charge < -0.3 is 5.32 Å². The van der Waals surface area contributed by atoms with Crippen molar-refractivity contribution in [2.24, 2.45) is 0 Å². The van der Waals surface area contributed by atoms with Gasteiger partial charge in [0.1, 0.15) is 11.6 Å². The number of aromatic nitrogens is 1. The maximum absolute atomic E-state index is 13.5. The van der Waals surface area contributed by atoms with Crippen LogP contribution in [0.1, 0.15) is 11.1 Å². The minimum Gasteiger partial charge on any atom is -0.379 e. The van der Waals surface area contributed by atoms with Gasteiger partial charge in [-0.2, -0.15) is 0 Å². The molecule has 0 spiro atoms. The van der Waals surface area contributed by atoms with Gasteiger partial charge in [-0.3, -0.25) is 4.98 Å². The number of rotatable bonds is 3. The molecule has 2 rings (SSSR count). The molecule has 0 saturated heterocycles. The van der Waals surface area contributed by atoms with Crippen molar-refractivity contribution in [2.45, 2.75) is 13.5 Å². The average molecular weight is 313 g/mol. The third kappa shape index (κ3) is 3.04. The van der Waals surface area contributed by atoms with Crippen LogP contribution in [0.4, 0.5) is 14.5 Å². The van der Waals surface area contributed by atoms with Crippen molar-refractivity contribution in [3.05, 3.63) is 57.8 Å². The number of nitrogens with zero attached hydrogens (tertiary/aromatic N) is 1. The lowest BCUT2D eigenvalue weighted by Crippen LogP contribution is -2.02. The van der Waals surface area contributed by atoms with Crippen molar-refractivity contribution < 1.29 is 8.78 Å². The van der Waals surface area contributed by atoms with E-state index in [9.17, 15) is 8.78 Å². The normalized spacial score (nSPS) is 10.4. The predicted molar refractivity (Wildman–Crippen MR) is 70.4 cm³/mol. The molecule has 0 aliphatic rings. The summed E-state index contributed by atoms with van der Waals surface area (Å²) in [5.41, 5.74) is 2.23. The summed E-state index contributed by atoms with van der Waals surface area (Å²) < 4.78 is 26.8. The number of aryl methyl sites for hydroxylation is 1. The molecule has 18 heavy (non-hydrogen) atoms. The van der Waals surface area contributed by atoms with Gasteiger partial charge in [-0.25, -0.2) is 8.78 Å². The number of pyridine rings is 1. The Hall–Kier alpha value is -1.49. The van der Waals surface area contributed by atoms with E-state index in [2.05, 4.69) is 26.2 Å². The smallest absolute Gasteiger partial charge is 0.149 e. The highest BCUT2D eigenvalue weighted by Gasteiger charge is 2.07. The lowest BCUT2D eigenvalue weighted by molar-refractivity contribution is 0.580. The van der Waals surface area contributed by atoms with Crippen LogP contribution in [0, 0.1) is 18.6 Å². The molecule has 5 heteroatoms. The first-order valence-corrected chi connectivity index (χ1v) is 6.14. The number of nitrogens with one attached hydrogen (secondary N) is 1. The maximum Gasteiger partial charge on any atom is 0.149 e. The molecular formula is C13H11BrF2N2. The second-order valence-corrected chi connectivity index (χ2v) is 4.82. The predicted octanol–water partition coefficient (Wildman–Crippen LogP) is 4.04. The lowest BCUT2D eigenvalue weighted by Gasteiger charge is -2.09. The van der Waals surface area contributed by atoms with Gasteiger partial charge in [0.2, 0.25) is 0 Å². The molecule has 2 nitrogen and oxygen atoms in total. The number of halogens is 3. The molecule has 0 aliphatic heterocycles. The zero-order valence-electron chi connectivity index (χ0n) is 9.67. The van der Waals surface area contributed by atoms with E-state index in [1.165, 1.54) is 6.07 Å². The van der Waals surface area contributed by atoms with Crippen LogP contribution in [-0.4, -0.2) is 4.98 Å². The molecule has 0 bridgehead atoms. The number of hydrogen-bond acceptors (Lipinski definition) is 2. The van der Waals surface area contributed by atoms with Crippen molar-refractivity contribution in [1.29, 1.82) is 0 Å². The highest BCUT2D eigenvalue weighted by molar-refractivity contribution is 9.10. The molecule has 1 aromatic heterocycles. The Balaban J connectivity index is 2.13. The Labute approximate surface area is 112 Å². The van der Waals surface area contributed by atoms with Gasteiger partial charge in [0, 0.05) is 25.0 Å². The van der Waals surface area contributed by atoms with Gasteiger partial charge >= 0.3 is 0 Å². The van der Waals surface area contributed by atoms with Crippen LogP contribution in [0.3, 0.4) is 0 Å². The SMILES string of the molecule is Cc1cncc(CNc2cc(Br)c(F)cc2F)c1. The summed E-state index contributed by atoms with van der Waals surface area (Å²) in [6.45, 7) is 2.37. The zero-order chi connectivity index (χ0) is 13.1. The van der Waals surface area contributed by atoms with Crippen molar-refractivity contribution >= 4 is 21.6 Å². The molecule has 1 aromatic carbocycles. The van der Waals surface area contributed by atoms with Crippen molar-refractivity contribution in [3.63, 3.8) is 0 Å². The van der Waals surface area contributed by atoms with E-state index in [0.29, 0.717) is 6.54 Å². The van der Waals surface area contributed by atoms with Gasteiger partial charge in [0.25, 0.3) is 0 Å². The molecule has 0 atom stereocenters. The first-order valence-electron chi connectivity index (χ1n) is 5.35. The highest BCUT2D eigenvalue weighted by Crippen LogP contribution is 2.24. The fourth-order valence-electron chi connectivity index (χ4n) is 1.57. The molecule has 1 N–H and O–H groups in total. The topological polar surface area (TPSA) is 24.9 Å². The molecule has 2 aromatic rings. The van der Waals surface area contributed by atoms with Crippen molar-refractivity contribution in [3.8, 4) is 0 Å². The molecule has 0 amide bonds. The fraction of sp³-hybridized carbons (Fsp3) is 0.154. The van der Waals surface area contributed by atoms with E-state index in [1.807, 2.05) is 13.0 Å². The lowest BCUT2D eigenvalue weighted by atomic mass is 10.2. The third-order valence-electron chi connectivity index (χ3n) is 2.42. The molecule has 1 heterocycles. The number of benzene rings is 1. The summed E-state index contributed by atoms with van der Waals surface area (Å²) in [6.07, 6.45) is 3.45. The second-order valence-electron chi connectivity index (χ2n) is 3.97. The van der Waals surface area contributed by atoms with Crippen LogP contribution >= 0.6 is 15.9 Å². The van der Waals surface area contributed by atoms with Gasteiger partial charge in [-0.15, -0.1) is 0 Å². The molecular weight excluding hydrogens is 302 g/mol.